The van der Waals surface area contributed by atoms with Gasteiger partial charge in [0.1, 0.15) is 11.8 Å². The van der Waals surface area contributed by atoms with Crippen LogP contribution < -0.4 is 9.61 Å². The third-order valence-electron chi connectivity index (χ3n) is 3.30. The number of rotatable bonds is 9. The lowest BCUT2D eigenvalue weighted by Crippen LogP contribution is -2.35. The van der Waals surface area contributed by atoms with Crippen molar-refractivity contribution in [3.63, 3.8) is 0 Å². The van der Waals surface area contributed by atoms with Crippen molar-refractivity contribution in [2.45, 2.75) is 39.7 Å². The lowest BCUT2D eigenvalue weighted by Gasteiger charge is -2.19. The van der Waals surface area contributed by atoms with E-state index in [0.29, 0.717) is 12.5 Å². The topological polar surface area (TPSA) is 84.9 Å². The number of ether oxygens (including phenoxy) is 1. The molecule has 0 bridgehead atoms. The van der Waals surface area contributed by atoms with E-state index >= 15 is 0 Å². The van der Waals surface area contributed by atoms with Crippen molar-refractivity contribution in [3.05, 3.63) is 30.3 Å². The monoisotopic (exact) mass is 329 g/mol. The van der Waals surface area contributed by atoms with E-state index in [1.807, 2.05) is 13.8 Å². The van der Waals surface area contributed by atoms with Gasteiger partial charge in [0.2, 0.25) is 0 Å². The first-order valence-electron chi connectivity index (χ1n) is 7.39. The summed E-state index contributed by atoms with van der Waals surface area (Å²) in [6.45, 7) is 5.83. The SMILES string of the molecule is CCC(CC)COC(=O)C(C)NP(=O)(O)Oc1ccccc1. The predicted octanol–water partition coefficient (Wildman–Crippen LogP) is 3.12. The summed E-state index contributed by atoms with van der Waals surface area (Å²) in [5.74, 6) is -0.0195. The van der Waals surface area contributed by atoms with E-state index in [9.17, 15) is 14.3 Å². The molecule has 0 aromatic heterocycles. The molecule has 2 N–H and O–H groups in total. The maximum Gasteiger partial charge on any atom is 0.456 e. The van der Waals surface area contributed by atoms with Gasteiger partial charge in [0.05, 0.1) is 6.61 Å². The van der Waals surface area contributed by atoms with Crippen molar-refractivity contribution in [1.29, 1.82) is 0 Å². The smallest absolute Gasteiger partial charge is 0.456 e. The first kappa shape index (κ1) is 18.7. The minimum Gasteiger partial charge on any atom is -0.464 e. The van der Waals surface area contributed by atoms with Crippen LogP contribution in [0.25, 0.3) is 0 Å². The Labute approximate surface area is 131 Å². The molecule has 0 saturated heterocycles. The molecular weight excluding hydrogens is 305 g/mol. The van der Waals surface area contributed by atoms with E-state index in [1.54, 1.807) is 30.3 Å². The number of hydrogen-bond donors (Lipinski definition) is 2. The number of para-hydroxylation sites is 1. The van der Waals surface area contributed by atoms with Gasteiger partial charge in [0.15, 0.2) is 0 Å². The van der Waals surface area contributed by atoms with Crippen LogP contribution in [-0.4, -0.2) is 23.5 Å². The molecule has 0 aliphatic carbocycles. The summed E-state index contributed by atoms with van der Waals surface area (Å²) in [6, 6.07) is 7.31. The van der Waals surface area contributed by atoms with Gasteiger partial charge in [-0.15, -0.1) is 0 Å². The van der Waals surface area contributed by atoms with Crippen molar-refractivity contribution in [2.75, 3.05) is 6.61 Å². The van der Waals surface area contributed by atoms with Crippen molar-refractivity contribution < 1.29 is 23.5 Å². The van der Waals surface area contributed by atoms with Crippen LogP contribution in [0.1, 0.15) is 33.6 Å². The Morgan fingerprint density at radius 3 is 2.41 bits per heavy atom. The quantitative estimate of drug-likeness (QED) is 0.535. The van der Waals surface area contributed by atoms with Gasteiger partial charge in [-0.2, -0.15) is 5.09 Å². The first-order chi connectivity index (χ1) is 10.4. The highest BCUT2D eigenvalue weighted by molar-refractivity contribution is 7.51. The fourth-order valence-corrected chi connectivity index (χ4v) is 2.85. The fourth-order valence-electron chi connectivity index (χ4n) is 1.80. The van der Waals surface area contributed by atoms with Gasteiger partial charge in [-0.1, -0.05) is 44.9 Å². The Morgan fingerprint density at radius 2 is 1.86 bits per heavy atom. The minimum atomic E-state index is -4.14. The molecule has 0 radical (unpaired) electrons. The largest absolute Gasteiger partial charge is 0.464 e. The molecule has 0 saturated carbocycles. The zero-order valence-electron chi connectivity index (χ0n) is 13.2. The Bertz CT molecular complexity index is 504. The zero-order chi connectivity index (χ0) is 16.6. The molecular formula is C15H24NO5P. The lowest BCUT2D eigenvalue weighted by atomic mass is 10.1. The molecule has 7 heteroatoms. The lowest BCUT2D eigenvalue weighted by molar-refractivity contribution is -0.146. The van der Waals surface area contributed by atoms with Crippen LogP contribution in [0.4, 0.5) is 0 Å². The van der Waals surface area contributed by atoms with E-state index < -0.39 is 19.8 Å². The van der Waals surface area contributed by atoms with Gasteiger partial charge < -0.3 is 14.2 Å². The van der Waals surface area contributed by atoms with Crippen molar-refractivity contribution in [2.24, 2.45) is 5.92 Å². The van der Waals surface area contributed by atoms with Crippen LogP contribution in [0.15, 0.2) is 30.3 Å². The van der Waals surface area contributed by atoms with Gasteiger partial charge >= 0.3 is 13.7 Å². The normalized spacial score (nSPS) is 15.1. The van der Waals surface area contributed by atoms with Gasteiger partial charge in [0.25, 0.3) is 0 Å². The summed E-state index contributed by atoms with van der Waals surface area (Å²) in [4.78, 5) is 21.6. The van der Waals surface area contributed by atoms with Crippen LogP contribution in [0, 0.1) is 5.92 Å². The standard InChI is InChI=1S/C15H24NO5P/c1-4-13(5-2)11-20-15(17)12(3)16-22(18,19)21-14-9-7-6-8-10-14/h6-10,12-13H,4-5,11H2,1-3H3,(H2,16,18,19). The van der Waals surface area contributed by atoms with Gasteiger partial charge in [-0.3, -0.25) is 4.79 Å². The van der Waals surface area contributed by atoms with Gasteiger partial charge in [-0.05, 0) is 25.0 Å². The average Bonchev–Trinajstić information content (AvgIpc) is 2.48. The van der Waals surface area contributed by atoms with Crippen LogP contribution in [0.3, 0.4) is 0 Å². The van der Waals surface area contributed by atoms with Gasteiger partial charge in [0, 0.05) is 0 Å². The van der Waals surface area contributed by atoms with E-state index in [0.717, 1.165) is 12.8 Å². The second-order valence-corrected chi connectivity index (χ2v) is 6.57. The Balaban J connectivity index is 2.50. The number of hydrogen-bond acceptors (Lipinski definition) is 4. The van der Waals surface area contributed by atoms with E-state index in [-0.39, 0.29) is 5.75 Å². The number of carbonyl (C=O) groups is 1. The Kier molecular flexibility index (Phi) is 7.59. The molecule has 22 heavy (non-hydrogen) atoms. The Hall–Kier alpha value is -1.36. The maximum absolute atomic E-state index is 12.0. The Morgan fingerprint density at radius 1 is 1.27 bits per heavy atom. The second kappa shape index (κ2) is 8.93. The second-order valence-electron chi connectivity index (χ2n) is 5.09. The average molecular weight is 329 g/mol. The first-order valence-corrected chi connectivity index (χ1v) is 8.97. The number of carbonyl (C=O) groups excluding carboxylic acids is 1. The maximum atomic E-state index is 12.0. The van der Waals surface area contributed by atoms with E-state index in [2.05, 4.69) is 5.09 Å². The number of benzene rings is 1. The molecule has 1 aromatic rings. The van der Waals surface area contributed by atoms with E-state index in [1.165, 1.54) is 6.92 Å². The molecule has 6 nitrogen and oxygen atoms in total. The molecule has 2 unspecified atom stereocenters. The van der Waals surface area contributed by atoms with Crippen molar-refractivity contribution in [3.8, 4) is 5.75 Å². The summed E-state index contributed by atoms with van der Waals surface area (Å²) in [5.41, 5.74) is 0. The summed E-state index contributed by atoms with van der Waals surface area (Å²) >= 11 is 0. The van der Waals surface area contributed by atoms with Crippen LogP contribution in [0.5, 0.6) is 5.75 Å². The molecule has 0 aliphatic heterocycles. The molecule has 0 amide bonds. The predicted molar refractivity (Wildman–Crippen MR) is 84.5 cm³/mol. The third kappa shape index (κ3) is 6.60. The zero-order valence-corrected chi connectivity index (χ0v) is 14.1. The molecule has 0 aliphatic rings. The molecule has 0 heterocycles. The summed E-state index contributed by atoms with van der Waals surface area (Å²) in [6.07, 6.45) is 1.84. The highest BCUT2D eigenvalue weighted by Gasteiger charge is 2.28. The van der Waals surface area contributed by atoms with E-state index in [4.69, 9.17) is 9.26 Å². The van der Waals surface area contributed by atoms with Gasteiger partial charge in [-0.25, -0.2) is 4.57 Å². The molecule has 0 fully saturated rings. The highest BCUT2D eigenvalue weighted by Crippen LogP contribution is 2.38. The highest BCUT2D eigenvalue weighted by atomic mass is 31.2. The molecule has 0 spiro atoms. The molecule has 1 aromatic carbocycles. The fraction of sp³-hybridized carbons (Fsp3) is 0.533. The molecule has 1 rings (SSSR count). The van der Waals surface area contributed by atoms with Crippen molar-refractivity contribution >= 4 is 13.7 Å². The molecule has 124 valence electrons. The number of esters is 1. The summed E-state index contributed by atoms with van der Waals surface area (Å²) in [5, 5.41) is 2.28. The number of nitrogens with one attached hydrogen (secondary N) is 1. The van der Waals surface area contributed by atoms with Crippen molar-refractivity contribution in [1.82, 2.24) is 5.09 Å². The molecule has 2 atom stereocenters. The van der Waals surface area contributed by atoms with Crippen LogP contribution >= 0.6 is 7.75 Å². The summed E-state index contributed by atoms with van der Waals surface area (Å²) < 4.78 is 22.1. The summed E-state index contributed by atoms with van der Waals surface area (Å²) in [7, 11) is -4.14. The van der Waals surface area contributed by atoms with Crippen LogP contribution in [-0.2, 0) is 14.1 Å². The minimum absolute atomic E-state index is 0.249. The van der Waals surface area contributed by atoms with Crippen LogP contribution in [0.2, 0.25) is 0 Å². The third-order valence-corrected chi connectivity index (χ3v) is 4.47.